The number of hydrogen-bond donors (Lipinski definition) is 6. The molecule has 0 bridgehead atoms. The second-order valence-electron chi connectivity index (χ2n) is 21.8. The third kappa shape index (κ3) is 42.9. The SMILES string of the molecule is CCCCCCC/C=C\C/C=C\CCCCCCCCCCCCCCCCCCCCCCCCCCCCCC(=O)NC(COC1OC(CO)C(O)C(O)C1O)C(O)/C=C/CC/C=C/CCCCCCC. The number of aliphatic hydroxyl groups is 5. The summed E-state index contributed by atoms with van der Waals surface area (Å²) in [6.45, 7) is 3.74. The first kappa shape index (κ1) is 69.2. The summed E-state index contributed by atoms with van der Waals surface area (Å²) in [6, 6.07) is -0.819. The van der Waals surface area contributed by atoms with E-state index in [1.165, 1.54) is 231 Å². The number of carbonyl (C=O) groups excluding carboxylic acids is 1. The second-order valence-corrected chi connectivity index (χ2v) is 21.8. The van der Waals surface area contributed by atoms with Crippen molar-refractivity contribution < 1.29 is 39.8 Å². The van der Waals surface area contributed by atoms with Crippen molar-refractivity contribution in [3.63, 3.8) is 0 Å². The Bertz CT molecular complexity index is 1290. The van der Waals surface area contributed by atoms with E-state index in [1.54, 1.807) is 6.08 Å². The highest BCUT2D eigenvalue weighted by atomic mass is 16.7. The molecule has 0 aromatic heterocycles. The van der Waals surface area contributed by atoms with Gasteiger partial charge in [-0.05, 0) is 64.2 Å². The number of unbranched alkanes of at least 4 members (excludes halogenated alkanes) is 38. The molecule has 1 aliphatic rings. The normalized spacial score (nSPS) is 19.4. The molecule has 9 nitrogen and oxygen atoms in total. The van der Waals surface area contributed by atoms with Crippen LogP contribution in [0.2, 0.25) is 0 Å². The van der Waals surface area contributed by atoms with Gasteiger partial charge < -0.3 is 40.3 Å². The van der Waals surface area contributed by atoms with Crippen LogP contribution in [-0.2, 0) is 14.3 Å². The fourth-order valence-corrected chi connectivity index (χ4v) is 9.91. The molecule has 0 radical (unpaired) electrons. The molecule has 1 rings (SSSR count). The number of aliphatic hydroxyl groups excluding tert-OH is 5. The van der Waals surface area contributed by atoms with Gasteiger partial charge in [-0.15, -0.1) is 0 Å². The highest BCUT2D eigenvalue weighted by Gasteiger charge is 2.44. The van der Waals surface area contributed by atoms with Crippen LogP contribution < -0.4 is 5.32 Å². The van der Waals surface area contributed by atoms with Gasteiger partial charge in [-0.1, -0.05) is 274 Å². The van der Waals surface area contributed by atoms with Gasteiger partial charge >= 0.3 is 0 Å². The number of amides is 1. The molecule has 73 heavy (non-hydrogen) atoms. The zero-order chi connectivity index (χ0) is 52.9. The van der Waals surface area contributed by atoms with Crippen LogP contribution >= 0.6 is 0 Å². The Morgan fingerprint density at radius 3 is 1.23 bits per heavy atom. The Hall–Kier alpha value is -1.85. The van der Waals surface area contributed by atoms with Gasteiger partial charge in [0.1, 0.15) is 24.4 Å². The van der Waals surface area contributed by atoms with Gasteiger partial charge in [0.2, 0.25) is 5.91 Å². The molecule has 0 saturated carbocycles. The van der Waals surface area contributed by atoms with Crippen molar-refractivity contribution in [3.05, 3.63) is 48.6 Å². The van der Waals surface area contributed by atoms with Crippen LogP contribution in [0, 0.1) is 0 Å². The first-order valence-electron chi connectivity index (χ1n) is 31.4. The van der Waals surface area contributed by atoms with Gasteiger partial charge in [-0.3, -0.25) is 4.79 Å². The average Bonchev–Trinajstić information content (AvgIpc) is 3.39. The third-order valence-corrected chi connectivity index (χ3v) is 14.9. The smallest absolute Gasteiger partial charge is 0.220 e. The summed E-state index contributed by atoms with van der Waals surface area (Å²) in [6.07, 6.45) is 65.2. The maximum absolute atomic E-state index is 13.0. The molecule has 1 heterocycles. The molecule has 1 amide bonds. The lowest BCUT2D eigenvalue weighted by Gasteiger charge is -2.40. The zero-order valence-corrected chi connectivity index (χ0v) is 47.6. The molecule has 7 unspecified atom stereocenters. The monoisotopic (exact) mass is 1030 g/mol. The summed E-state index contributed by atoms with van der Waals surface area (Å²) in [4.78, 5) is 13.0. The lowest BCUT2D eigenvalue weighted by Crippen LogP contribution is -2.60. The van der Waals surface area contributed by atoms with Crippen molar-refractivity contribution in [2.75, 3.05) is 13.2 Å². The number of ether oxygens (including phenoxy) is 2. The summed E-state index contributed by atoms with van der Waals surface area (Å²) in [7, 11) is 0. The predicted molar refractivity (Wildman–Crippen MR) is 309 cm³/mol. The fraction of sp³-hybridized carbons (Fsp3) is 0.859. The quantitative estimate of drug-likeness (QED) is 0.0261. The predicted octanol–water partition coefficient (Wildman–Crippen LogP) is 16.1. The van der Waals surface area contributed by atoms with E-state index in [-0.39, 0.29) is 12.5 Å². The first-order chi connectivity index (χ1) is 35.8. The van der Waals surface area contributed by atoms with Crippen molar-refractivity contribution in [2.24, 2.45) is 0 Å². The minimum absolute atomic E-state index is 0.184. The van der Waals surface area contributed by atoms with Crippen molar-refractivity contribution in [1.82, 2.24) is 5.32 Å². The van der Waals surface area contributed by atoms with E-state index in [9.17, 15) is 30.3 Å². The summed E-state index contributed by atoms with van der Waals surface area (Å²) in [5.41, 5.74) is 0. The molecule has 7 atom stereocenters. The van der Waals surface area contributed by atoms with Crippen molar-refractivity contribution in [2.45, 2.75) is 339 Å². The van der Waals surface area contributed by atoms with Crippen LogP contribution in [0.3, 0.4) is 0 Å². The van der Waals surface area contributed by atoms with Crippen LogP contribution in [0.15, 0.2) is 48.6 Å². The van der Waals surface area contributed by atoms with Crippen LogP contribution in [0.25, 0.3) is 0 Å². The van der Waals surface area contributed by atoms with E-state index in [0.29, 0.717) is 6.42 Å². The lowest BCUT2D eigenvalue weighted by molar-refractivity contribution is -0.302. The van der Waals surface area contributed by atoms with Gasteiger partial charge in [0.15, 0.2) is 6.29 Å². The van der Waals surface area contributed by atoms with Crippen LogP contribution in [0.1, 0.15) is 296 Å². The maximum Gasteiger partial charge on any atom is 0.220 e. The van der Waals surface area contributed by atoms with Crippen molar-refractivity contribution in [1.29, 1.82) is 0 Å². The summed E-state index contributed by atoms with van der Waals surface area (Å²) in [5.74, 6) is -0.184. The molecule has 1 aliphatic heterocycles. The summed E-state index contributed by atoms with van der Waals surface area (Å²) < 4.78 is 11.2. The minimum atomic E-state index is -1.57. The molecule has 1 saturated heterocycles. The Morgan fingerprint density at radius 1 is 0.466 bits per heavy atom. The maximum atomic E-state index is 13.0. The molecule has 0 aromatic carbocycles. The Morgan fingerprint density at radius 2 is 0.822 bits per heavy atom. The van der Waals surface area contributed by atoms with Gasteiger partial charge in [-0.2, -0.15) is 0 Å². The molecule has 428 valence electrons. The Balaban J connectivity index is 2.01. The van der Waals surface area contributed by atoms with Gasteiger partial charge in [0, 0.05) is 6.42 Å². The summed E-state index contributed by atoms with van der Waals surface area (Å²) >= 11 is 0. The Kier molecular flexibility index (Phi) is 50.7. The van der Waals surface area contributed by atoms with E-state index < -0.39 is 49.5 Å². The van der Waals surface area contributed by atoms with E-state index in [0.717, 1.165) is 44.9 Å². The first-order valence-corrected chi connectivity index (χ1v) is 31.4. The molecule has 1 fully saturated rings. The number of nitrogens with one attached hydrogen (secondary N) is 1. The number of carbonyl (C=O) groups is 1. The van der Waals surface area contributed by atoms with E-state index in [4.69, 9.17) is 9.47 Å². The van der Waals surface area contributed by atoms with E-state index in [1.807, 2.05) is 6.08 Å². The fourth-order valence-electron chi connectivity index (χ4n) is 9.91. The standard InChI is InChI=1S/C64H119NO8/c1-3-5-7-9-11-13-15-16-17-18-19-20-21-22-23-24-25-26-27-28-29-30-31-32-33-34-35-36-37-38-39-40-41-42-44-46-48-50-52-54-60(68)65-57(56-72-64-63(71)62(70)61(69)59(55-66)73-64)58(67)53-51-49-47-45-43-14-12-10-8-6-4-2/h15-16,18-19,43,45,51,53,57-59,61-64,66-67,69-71H,3-14,17,20-42,44,46-50,52,54-56H2,1-2H3,(H,65,68)/b16-15-,19-18-,45-43+,53-51+. The molecular weight excluding hydrogens is 911 g/mol. The van der Waals surface area contributed by atoms with Crippen LogP contribution in [0.4, 0.5) is 0 Å². The number of rotatable bonds is 54. The molecular formula is C64H119NO8. The number of allylic oxidation sites excluding steroid dienone is 7. The largest absolute Gasteiger partial charge is 0.394 e. The highest BCUT2D eigenvalue weighted by molar-refractivity contribution is 5.76. The Labute approximate surface area is 450 Å². The summed E-state index contributed by atoms with van der Waals surface area (Å²) in [5, 5.41) is 54.3. The number of hydrogen-bond acceptors (Lipinski definition) is 8. The van der Waals surface area contributed by atoms with Crippen molar-refractivity contribution in [3.8, 4) is 0 Å². The van der Waals surface area contributed by atoms with Crippen LogP contribution in [-0.4, -0.2) is 87.5 Å². The van der Waals surface area contributed by atoms with Gasteiger partial charge in [0.25, 0.3) is 0 Å². The van der Waals surface area contributed by atoms with Gasteiger partial charge in [-0.25, -0.2) is 0 Å². The lowest BCUT2D eigenvalue weighted by atomic mass is 9.99. The van der Waals surface area contributed by atoms with Crippen LogP contribution in [0.5, 0.6) is 0 Å². The zero-order valence-electron chi connectivity index (χ0n) is 47.6. The third-order valence-electron chi connectivity index (χ3n) is 14.9. The van der Waals surface area contributed by atoms with E-state index in [2.05, 4.69) is 55.6 Å². The molecule has 9 heteroatoms. The topological polar surface area (TPSA) is 149 Å². The van der Waals surface area contributed by atoms with Gasteiger partial charge in [0.05, 0.1) is 25.4 Å². The molecule has 0 aromatic rings. The minimum Gasteiger partial charge on any atom is -0.394 e. The molecule has 0 spiro atoms. The molecule has 0 aliphatic carbocycles. The highest BCUT2D eigenvalue weighted by Crippen LogP contribution is 2.23. The van der Waals surface area contributed by atoms with E-state index >= 15 is 0 Å². The molecule has 6 N–H and O–H groups in total. The average molecular weight is 1030 g/mol. The second kappa shape index (κ2) is 53.5. The van der Waals surface area contributed by atoms with Crippen molar-refractivity contribution >= 4 is 5.91 Å².